The van der Waals surface area contributed by atoms with Gasteiger partial charge in [0, 0.05) is 95.7 Å². The van der Waals surface area contributed by atoms with Crippen molar-refractivity contribution >= 4 is 147 Å². The number of ketones is 2. The molecule has 6 heterocycles. The third kappa shape index (κ3) is 18.6. The Balaban J connectivity index is 1.05. The molecule has 0 aliphatic heterocycles. The second kappa shape index (κ2) is 43.7. The van der Waals surface area contributed by atoms with E-state index >= 15 is 9.59 Å². The number of rotatable bonds is 42. The number of fused-ring (bicyclic) bond motifs is 12. The van der Waals surface area contributed by atoms with Gasteiger partial charge in [-0.2, -0.15) is 0 Å². The molecule has 0 saturated carbocycles. The number of unbranched alkanes of at least 4 members (excludes halogenated alkanes) is 14. The Morgan fingerprint density at radius 3 is 0.993 bits per heavy atom. The first-order valence-corrected chi connectivity index (χ1v) is 57.3. The van der Waals surface area contributed by atoms with Gasteiger partial charge >= 0.3 is 0 Å². The number of carbonyl (C=O) groups excluding carboxylic acids is 2. The molecule has 694 valence electrons. The van der Waals surface area contributed by atoms with Gasteiger partial charge in [0.05, 0.1) is 64.0 Å². The smallest absolute Gasteiger partial charge is 0.270 e. The largest absolute Gasteiger partial charge is 0.289 e. The van der Waals surface area contributed by atoms with Crippen LogP contribution in [0.3, 0.4) is 0 Å². The van der Waals surface area contributed by atoms with Crippen LogP contribution in [0.4, 0.5) is 0 Å². The minimum Gasteiger partial charge on any atom is -0.289 e. The number of nitrogens with zero attached hydrogens (tertiary/aromatic N) is 4. The number of allylic oxidation sites excluding steroid dienone is 6. The van der Waals surface area contributed by atoms with Crippen molar-refractivity contribution in [2.24, 2.45) is 11.8 Å². The first-order valence-electron chi connectivity index (χ1n) is 50.4. The molecule has 0 N–H and O–H groups in total. The van der Waals surface area contributed by atoms with Crippen molar-refractivity contribution in [3.8, 4) is 52.5 Å². The van der Waals surface area contributed by atoms with Gasteiger partial charge < -0.3 is 0 Å². The van der Waals surface area contributed by atoms with Crippen LogP contribution in [0.25, 0.3) is 93.6 Å². The molecule has 0 radical (unpaired) electrons. The number of Topliss-reactive ketones (excluding diaryl/α,β-unsaturated/α-hetero) is 2. The zero-order chi connectivity index (χ0) is 95.1. The van der Waals surface area contributed by atoms with Crippen molar-refractivity contribution in [2.75, 3.05) is 11.5 Å². The Labute approximate surface area is 841 Å². The maximum Gasteiger partial charge on any atom is 0.270 e. The summed E-state index contributed by atoms with van der Waals surface area (Å²) in [6.07, 6.45) is 36.0. The first-order chi connectivity index (χ1) is 66.4. The molecule has 2 unspecified atom stereocenters. The number of aryl methyl sites for hydroxylation is 8. The molecule has 0 spiro atoms. The van der Waals surface area contributed by atoms with Crippen molar-refractivity contribution in [3.05, 3.63) is 324 Å². The van der Waals surface area contributed by atoms with E-state index in [4.69, 9.17) is 13.1 Å². The van der Waals surface area contributed by atoms with Crippen LogP contribution in [0, 0.1) is 75.3 Å². The molecular weight excluding hydrogens is 1810 g/mol. The molecule has 0 fully saturated rings. The summed E-state index contributed by atoms with van der Waals surface area (Å²) in [4.78, 5) is 48.0. The fourth-order valence-electron chi connectivity index (χ4n) is 21.6. The number of thioether (sulfide) groups is 2. The highest BCUT2D eigenvalue weighted by atomic mass is 32.2. The molecule has 0 bridgehead atoms. The maximum atomic E-state index is 15.6. The molecule has 0 saturated heterocycles. The molecule has 4 aliphatic carbocycles. The van der Waals surface area contributed by atoms with Gasteiger partial charge in [-0.1, -0.05) is 280 Å². The summed E-state index contributed by atoms with van der Waals surface area (Å²) < 4.78 is 5.09. The summed E-state index contributed by atoms with van der Waals surface area (Å²) in [6, 6.07) is 66.4. The zero-order valence-corrected chi connectivity index (χ0v) is 87.9. The third-order valence-electron chi connectivity index (χ3n) is 29.5. The predicted molar refractivity (Wildman–Crippen MR) is 588 cm³/mol. The molecule has 6 aromatic heterocycles. The van der Waals surface area contributed by atoms with E-state index < -0.39 is 10.8 Å². The summed E-state index contributed by atoms with van der Waals surface area (Å²) in [7, 11) is 0. The number of benzene rings is 7. The van der Waals surface area contributed by atoms with E-state index in [9.17, 15) is 10.5 Å². The van der Waals surface area contributed by atoms with E-state index in [1.807, 2.05) is 133 Å². The normalized spacial score (nSPS) is 15.5. The summed E-state index contributed by atoms with van der Waals surface area (Å²) in [5.41, 5.74) is 23.0. The van der Waals surface area contributed by atoms with Crippen LogP contribution in [0.15, 0.2) is 189 Å². The van der Waals surface area contributed by atoms with Crippen molar-refractivity contribution in [1.29, 1.82) is 10.5 Å². The fraction of sp³-hybridized carbons (Fsp3) is 0.377. The summed E-state index contributed by atoms with van der Waals surface area (Å²) in [5.74, 6) is 2.88. The Morgan fingerprint density at radius 1 is 0.382 bits per heavy atom. The van der Waals surface area contributed by atoms with Crippen molar-refractivity contribution in [2.45, 2.75) is 282 Å². The molecule has 0 amide bonds. The average Bonchev–Trinajstić information content (AvgIpc) is 1.48. The highest BCUT2D eigenvalue weighted by Gasteiger charge is 2.55. The molecule has 7 aromatic carbocycles. The molecular formula is C122H126N4O2S8. The van der Waals surface area contributed by atoms with Gasteiger partial charge in [-0.15, -0.1) is 91.5 Å². The van der Waals surface area contributed by atoms with Crippen LogP contribution < -0.4 is 0 Å². The van der Waals surface area contributed by atoms with Crippen LogP contribution >= 0.6 is 91.5 Å². The number of nitriles is 2. The number of hydrogen-bond donors (Lipinski definition) is 0. The van der Waals surface area contributed by atoms with Gasteiger partial charge in [-0.3, -0.25) is 9.59 Å². The average molecular weight is 1940 g/mol. The van der Waals surface area contributed by atoms with Crippen LogP contribution in [-0.2, 0) is 36.5 Å². The maximum absolute atomic E-state index is 15.6. The Morgan fingerprint density at radius 2 is 0.699 bits per heavy atom. The lowest BCUT2D eigenvalue weighted by molar-refractivity contribution is 0.103. The van der Waals surface area contributed by atoms with Crippen molar-refractivity contribution in [3.63, 3.8) is 0 Å². The van der Waals surface area contributed by atoms with Gasteiger partial charge in [0.2, 0.25) is 0 Å². The highest BCUT2D eigenvalue weighted by Crippen LogP contribution is 2.71. The molecule has 14 heteroatoms. The molecule has 13 aromatic rings. The van der Waals surface area contributed by atoms with Crippen molar-refractivity contribution in [1.82, 2.24) is 0 Å². The number of hydrogen-bond acceptors (Lipinski definition) is 12. The number of carbonyl (C=O) groups is 2. The number of thiophene rings is 6. The van der Waals surface area contributed by atoms with Crippen LogP contribution in [0.5, 0.6) is 0 Å². The highest BCUT2D eigenvalue weighted by molar-refractivity contribution is 8.01. The van der Waals surface area contributed by atoms with Gasteiger partial charge in [0.25, 0.3) is 11.4 Å². The topological polar surface area (TPSA) is 90.4 Å². The summed E-state index contributed by atoms with van der Waals surface area (Å²) in [5, 5.41) is 24.5. The minimum atomic E-state index is -0.974. The van der Waals surface area contributed by atoms with Crippen LogP contribution in [0.1, 0.15) is 340 Å². The fourth-order valence-corrected chi connectivity index (χ4v) is 32.2. The predicted octanol–water partition coefficient (Wildman–Crippen LogP) is 37.6. The third-order valence-corrected chi connectivity index (χ3v) is 39.6. The molecule has 6 nitrogen and oxygen atoms in total. The second-order valence-electron chi connectivity index (χ2n) is 38.4. The first kappa shape index (κ1) is 97.8. The van der Waals surface area contributed by atoms with E-state index in [0.29, 0.717) is 56.4 Å². The van der Waals surface area contributed by atoms with E-state index in [1.54, 1.807) is 22.7 Å². The zero-order valence-electron chi connectivity index (χ0n) is 81.4. The summed E-state index contributed by atoms with van der Waals surface area (Å²) >= 11 is 15.4. The Bertz CT molecular complexity index is 6420. The second-order valence-corrected chi connectivity index (χ2v) is 47.4. The quantitative estimate of drug-likeness (QED) is 0.0124. The Kier molecular flexibility index (Phi) is 31.5. The van der Waals surface area contributed by atoms with Crippen molar-refractivity contribution < 1.29 is 9.59 Å². The minimum absolute atomic E-state index is 0.0888. The van der Waals surface area contributed by atoms with Crippen LogP contribution in [0.2, 0.25) is 0 Å². The van der Waals surface area contributed by atoms with Crippen LogP contribution in [-0.4, -0.2) is 23.1 Å². The summed E-state index contributed by atoms with van der Waals surface area (Å²) in [6.45, 7) is 43.8. The molecule has 2 atom stereocenters. The van der Waals surface area contributed by atoms with E-state index in [-0.39, 0.29) is 23.0 Å². The van der Waals surface area contributed by atoms with Gasteiger partial charge in [-0.05, 0) is 265 Å². The standard InChI is InChI=1S/C122H126N4O2S8/c1-15-23-29-33-39-81-43-51-85(52-44-81)121(86-53-45-82(46-54-86)40-34-30-24-16-2)97-69-89(67-95-105(99(71-123)125-13)91-63-75(9)77(11)65-93(91)113(95)127)131-115(97)119-111(121)109-107(101-59-61-103(133-101)129-73-79(21-7)37-27-19-5)118-110(108(117(109)135-119)102-60-62-104(134-102)130-74-80(22-8)38-28-20-6)112-120(136-118)116-98(70-90(132-116)68-96-106(100(72-124)126-14)92-64-76(10)78(12)66-94(92)114(96)128)122(112,87-55-47-83(48-56-87)41-35-31-25-17-3)88-57-49-84(50-58-88)42-36-32-26-18-4/h43-70,79-80H,15-42,73-74H2,1-12H3/b95-67-,96-68-,105-99-,106-100+. The lowest BCUT2D eigenvalue weighted by Crippen LogP contribution is -2.29. The lowest BCUT2D eigenvalue weighted by atomic mass is 9.66. The van der Waals surface area contributed by atoms with Gasteiger partial charge in [0.1, 0.15) is 0 Å². The molecule has 4 aliphatic rings. The SMILES string of the molecule is [C-]#[N+]/C(C#N)=C1\C(=C\c2cc3c(s2)-c2sc4c(-c5ccc(SCC(CC)CCCC)s5)c5c6c(sc5c(-c5ccc(SCC(CC)CCCC)s5)c4c2C3(c2ccc(CCCCCC)cc2)c2ccc(CCCCCC)cc2)-c2sc(/C=C3\C(=O)c4cc(C)c(C)cc4\C3=C(\C#N)[N+]#[C-])cc2C6(c2ccc(CCCCCC)cc2)c2ccc(CCCCCC)cc2)C(=O)c2cc(C)c(C)cc21. The van der Waals surface area contributed by atoms with E-state index in [0.717, 1.165) is 154 Å². The lowest BCUT2D eigenvalue weighted by Gasteiger charge is -2.35. The van der Waals surface area contributed by atoms with E-state index in [1.165, 1.54) is 205 Å². The Hall–Kier alpha value is -9.78. The van der Waals surface area contributed by atoms with E-state index in [2.05, 4.69) is 211 Å². The van der Waals surface area contributed by atoms with Gasteiger partial charge in [-0.25, -0.2) is 20.2 Å². The monoisotopic (exact) mass is 1930 g/mol. The van der Waals surface area contributed by atoms with Gasteiger partial charge in [0.15, 0.2) is 11.6 Å². The molecule has 136 heavy (non-hydrogen) atoms. The molecule has 17 rings (SSSR count).